The Morgan fingerprint density at radius 2 is 2.19 bits per heavy atom. The summed E-state index contributed by atoms with van der Waals surface area (Å²) in [4.78, 5) is 2.40. The lowest BCUT2D eigenvalue weighted by Gasteiger charge is -2.40. The van der Waals surface area contributed by atoms with Gasteiger partial charge in [0.25, 0.3) is 0 Å². The molecule has 1 unspecified atom stereocenters. The van der Waals surface area contributed by atoms with Gasteiger partial charge in [0.2, 0.25) is 0 Å². The van der Waals surface area contributed by atoms with Crippen LogP contribution in [0.25, 0.3) is 0 Å². The van der Waals surface area contributed by atoms with Gasteiger partial charge in [0, 0.05) is 28.8 Å². The van der Waals surface area contributed by atoms with Gasteiger partial charge in [-0.3, -0.25) is 0 Å². The van der Waals surface area contributed by atoms with E-state index in [9.17, 15) is 5.11 Å². The van der Waals surface area contributed by atoms with E-state index in [1.807, 2.05) is 0 Å². The summed E-state index contributed by atoms with van der Waals surface area (Å²) in [6, 6.07) is 7.43. The van der Waals surface area contributed by atoms with Gasteiger partial charge < -0.3 is 15.3 Å². The average Bonchev–Trinajstić information content (AvgIpc) is 2.42. The summed E-state index contributed by atoms with van der Waals surface area (Å²) in [5, 5.41) is 13.0. The van der Waals surface area contributed by atoms with Crippen LogP contribution in [-0.4, -0.2) is 30.8 Å². The Balaban J connectivity index is 2.27. The van der Waals surface area contributed by atoms with Crippen molar-refractivity contribution in [3.8, 4) is 0 Å². The summed E-state index contributed by atoms with van der Waals surface area (Å²) >= 11 is 3.60. The molecule has 2 rings (SSSR count). The van der Waals surface area contributed by atoms with E-state index >= 15 is 0 Å². The van der Waals surface area contributed by atoms with Crippen LogP contribution in [-0.2, 0) is 0 Å². The number of anilines is 1. The van der Waals surface area contributed by atoms with Gasteiger partial charge in [-0.1, -0.05) is 28.9 Å². The fraction of sp³-hybridized carbons (Fsp3) is 0.647. The van der Waals surface area contributed by atoms with E-state index < -0.39 is 0 Å². The number of hydrogen-bond acceptors (Lipinski definition) is 3. The maximum Gasteiger partial charge on any atom is 0.0606 e. The average molecular weight is 355 g/mol. The molecule has 0 aromatic heterocycles. The van der Waals surface area contributed by atoms with E-state index in [2.05, 4.69) is 58.2 Å². The highest BCUT2D eigenvalue weighted by Crippen LogP contribution is 2.35. The number of hydrogen-bond donors (Lipinski definition) is 2. The number of aliphatic hydroxyl groups is 1. The van der Waals surface area contributed by atoms with Gasteiger partial charge in [0.15, 0.2) is 0 Å². The van der Waals surface area contributed by atoms with Gasteiger partial charge >= 0.3 is 0 Å². The molecule has 0 spiro atoms. The summed E-state index contributed by atoms with van der Waals surface area (Å²) in [6.07, 6.45) is 4.92. The van der Waals surface area contributed by atoms with Crippen LogP contribution in [0.1, 0.15) is 51.1 Å². The Morgan fingerprint density at radius 1 is 1.43 bits per heavy atom. The quantitative estimate of drug-likeness (QED) is 0.743. The summed E-state index contributed by atoms with van der Waals surface area (Å²) in [5.74, 6) is 0. The van der Waals surface area contributed by atoms with Gasteiger partial charge in [0.1, 0.15) is 0 Å². The van der Waals surface area contributed by atoms with E-state index in [1.54, 1.807) is 0 Å². The van der Waals surface area contributed by atoms with E-state index in [0.29, 0.717) is 18.6 Å². The molecule has 0 radical (unpaired) electrons. The zero-order valence-electron chi connectivity index (χ0n) is 13.1. The Hall–Kier alpha value is -0.580. The van der Waals surface area contributed by atoms with Crippen LogP contribution < -0.4 is 10.2 Å². The highest BCUT2D eigenvalue weighted by atomic mass is 79.9. The maximum atomic E-state index is 9.44. The van der Waals surface area contributed by atoms with Crippen molar-refractivity contribution in [2.24, 2.45) is 0 Å². The van der Waals surface area contributed by atoms with Crippen LogP contribution in [0, 0.1) is 0 Å². The minimum atomic E-state index is 0.208. The fourth-order valence-corrected chi connectivity index (χ4v) is 3.26. The molecule has 1 fully saturated rings. The number of nitrogens with zero attached hydrogens (tertiary/aromatic N) is 1. The van der Waals surface area contributed by atoms with Crippen LogP contribution in [0.2, 0.25) is 0 Å². The van der Waals surface area contributed by atoms with Gasteiger partial charge in [0.05, 0.1) is 6.61 Å². The van der Waals surface area contributed by atoms with E-state index in [0.717, 1.165) is 17.4 Å². The van der Waals surface area contributed by atoms with Crippen molar-refractivity contribution in [2.45, 2.75) is 51.6 Å². The number of nitrogens with one attached hydrogen (secondary N) is 1. The second kappa shape index (κ2) is 8.16. The van der Waals surface area contributed by atoms with Gasteiger partial charge in [-0.2, -0.15) is 0 Å². The Kier molecular flexibility index (Phi) is 6.52. The third kappa shape index (κ3) is 4.21. The largest absolute Gasteiger partial charge is 0.395 e. The smallest absolute Gasteiger partial charge is 0.0606 e. The van der Waals surface area contributed by atoms with Crippen molar-refractivity contribution in [3.63, 3.8) is 0 Å². The molecule has 4 heteroatoms. The first kappa shape index (κ1) is 16.8. The molecule has 118 valence electrons. The van der Waals surface area contributed by atoms with Crippen LogP contribution in [0.5, 0.6) is 0 Å². The highest BCUT2D eigenvalue weighted by Gasteiger charge is 2.27. The molecular weight excluding hydrogens is 328 g/mol. The molecule has 0 bridgehead atoms. The SMILES string of the molecule is CCCNC(C)c1ccc(Br)cc1N(CCO)C1CCC1. The fourth-order valence-electron chi connectivity index (χ4n) is 2.91. The first-order valence-electron chi connectivity index (χ1n) is 8.07. The standard InChI is InChI=1S/C17H27BrN2O/c1-3-9-19-13(2)16-8-7-14(18)12-17(16)20(10-11-21)15-5-4-6-15/h7-8,12-13,15,19,21H,3-6,9-11H2,1-2H3. The van der Waals surface area contributed by atoms with E-state index in [1.165, 1.54) is 30.5 Å². The summed E-state index contributed by atoms with van der Waals surface area (Å²) in [7, 11) is 0. The minimum absolute atomic E-state index is 0.208. The Labute approximate surface area is 136 Å². The molecule has 3 nitrogen and oxygen atoms in total. The van der Waals surface area contributed by atoms with Crippen molar-refractivity contribution in [1.82, 2.24) is 5.32 Å². The lowest BCUT2D eigenvalue weighted by molar-refractivity contribution is 0.283. The number of halogens is 1. The summed E-state index contributed by atoms with van der Waals surface area (Å²) in [6.45, 7) is 6.36. The normalized spacial score (nSPS) is 16.6. The molecule has 1 atom stereocenters. The molecule has 1 aromatic carbocycles. The van der Waals surface area contributed by atoms with E-state index in [4.69, 9.17) is 0 Å². The lowest BCUT2D eigenvalue weighted by Crippen LogP contribution is -2.42. The molecule has 0 heterocycles. The Morgan fingerprint density at radius 3 is 2.76 bits per heavy atom. The molecule has 1 aromatic rings. The van der Waals surface area contributed by atoms with Crippen molar-refractivity contribution < 1.29 is 5.11 Å². The van der Waals surface area contributed by atoms with Crippen molar-refractivity contribution in [2.75, 3.05) is 24.6 Å². The molecule has 0 saturated heterocycles. The molecule has 1 saturated carbocycles. The number of rotatable bonds is 8. The van der Waals surface area contributed by atoms with Crippen LogP contribution in [0.4, 0.5) is 5.69 Å². The maximum absolute atomic E-state index is 9.44. The third-order valence-corrected chi connectivity index (χ3v) is 4.82. The first-order valence-corrected chi connectivity index (χ1v) is 8.87. The first-order chi connectivity index (χ1) is 10.2. The predicted octanol–water partition coefficient (Wildman–Crippen LogP) is 3.86. The topological polar surface area (TPSA) is 35.5 Å². The van der Waals surface area contributed by atoms with Crippen LogP contribution in [0.15, 0.2) is 22.7 Å². The molecule has 0 aliphatic heterocycles. The zero-order valence-corrected chi connectivity index (χ0v) is 14.7. The van der Waals surface area contributed by atoms with E-state index in [-0.39, 0.29) is 6.61 Å². The molecule has 0 amide bonds. The zero-order chi connectivity index (χ0) is 15.2. The minimum Gasteiger partial charge on any atom is -0.395 e. The number of aliphatic hydroxyl groups excluding tert-OH is 1. The monoisotopic (exact) mass is 354 g/mol. The molecular formula is C17H27BrN2O. The van der Waals surface area contributed by atoms with Crippen molar-refractivity contribution >= 4 is 21.6 Å². The second-order valence-corrected chi connectivity index (χ2v) is 6.80. The van der Waals surface area contributed by atoms with Crippen LogP contribution in [0.3, 0.4) is 0 Å². The predicted molar refractivity (Wildman–Crippen MR) is 92.9 cm³/mol. The van der Waals surface area contributed by atoms with Gasteiger partial charge in [-0.15, -0.1) is 0 Å². The van der Waals surface area contributed by atoms with Crippen molar-refractivity contribution in [3.05, 3.63) is 28.2 Å². The number of benzene rings is 1. The van der Waals surface area contributed by atoms with Gasteiger partial charge in [-0.25, -0.2) is 0 Å². The van der Waals surface area contributed by atoms with Gasteiger partial charge in [-0.05, 0) is 56.8 Å². The second-order valence-electron chi connectivity index (χ2n) is 5.88. The molecule has 2 N–H and O–H groups in total. The lowest BCUT2D eigenvalue weighted by atomic mass is 9.90. The summed E-state index contributed by atoms with van der Waals surface area (Å²) < 4.78 is 1.10. The molecule has 1 aliphatic rings. The molecule has 1 aliphatic carbocycles. The molecule has 21 heavy (non-hydrogen) atoms. The van der Waals surface area contributed by atoms with Crippen molar-refractivity contribution in [1.29, 1.82) is 0 Å². The Bertz CT molecular complexity index is 448. The summed E-state index contributed by atoms with van der Waals surface area (Å²) in [5.41, 5.74) is 2.59. The van der Waals surface area contributed by atoms with Crippen LogP contribution >= 0.6 is 15.9 Å². The highest BCUT2D eigenvalue weighted by molar-refractivity contribution is 9.10. The third-order valence-electron chi connectivity index (χ3n) is 4.33.